The molecule has 1 N–H and O–H groups in total. The number of carbonyl (C=O) groups is 1. The van der Waals surface area contributed by atoms with E-state index in [0.717, 1.165) is 10.6 Å². The van der Waals surface area contributed by atoms with E-state index in [2.05, 4.69) is 10.3 Å². The summed E-state index contributed by atoms with van der Waals surface area (Å²) >= 11 is 1.39. The van der Waals surface area contributed by atoms with Crippen molar-refractivity contribution in [2.24, 2.45) is 0 Å². The van der Waals surface area contributed by atoms with E-state index in [1.54, 1.807) is 18.2 Å². The largest absolute Gasteiger partial charge is 0.491 e. The van der Waals surface area contributed by atoms with E-state index in [9.17, 15) is 9.59 Å². The number of thiazole rings is 1. The van der Waals surface area contributed by atoms with Gasteiger partial charge in [-0.2, -0.15) is 0 Å². The molecule has 0 spiro atoms. The Morgan fingerprint density at radius 3 is 2.68 bits per heavy atom. The molecule has 130 valence electrons. The first kappa shape index (κ1) is 17.2. The van der Waals surface area contributed by atoms with Crippen LogP contribution in [0.25, 0.3) is 11.0 Å². The lowest BCUT2D eigenvalue weighted by molar-refractivity contribution is 0.102. The van der Waals surface area contributed by atoms with Crippen molar-refractivity contribution in [3.05, 3.63) is 50.8 Å². The Bertz CT molecular complexity index is 984. The summed E-state index contributed by atoms with van der Waals surface area (Å²) in [6.07, 6.45) is -0.00737. The van der Waals surface area contributed by atoms with Crippen LogP contribution in [-0.2, 0) is 0 Å². The summed E-state index contributed by atoms with van der Waals surface area (Å²) in [5.74, 6) is 0.179. The van der Waals surface area contributed by atoms with Gasteiger partial charge in [0.2, 0.25) is 0 Å². The lowest BCUT2D eigenvalue weighted by Gasteiger charge is -2.11. The van der Waals surface area contributed by atoms with Crippen LogP contribution in [0, 0.1) is 13.8 Å². The fourth-order valence-electron chi connectivity index (χ4n) is 2.37. The second kappa shape index (κ2) is 6.68. The van der Waals surface area contributed by atoms with Gasteiger partial charge in [0.1, 0.15) is 11.3 Å². The number of fused-ring (bicyclic) bond motifs is 1. The minimum absolute atomic E-state index is 0.00737. The van der Waals surface area contributed by atoms with Crippen molar-refractivity contribution < 1.29 is 13.9 Å². The van der Waals surface area contributed by atoms with Gasteiger partial charge in [-0.05, 0) is 39.8 Å². The second-order valence-corrected chi connectivity index (χ2v) is 7.12. The third-order valence-corrected chi connectivity index (χ3v) is 4.57. The van der Waals surface area contributed by atoms with Gasteiger partial charge in [0.25, 0.3) is 5.91 Å². The summed E-state index contributed by atoms with van der Waals surface area (Å²) in [5.41, 5.74) is 0.828. The van der Waals surface area contributed by atoms with Gasteiger partial charge in [-0.15, -0.1) is 11.3 Å². The van der Waals surface area contributed by atoms with E-state index in [0.29, 0.717) is 21.9 Å². The van der Waals surface area contributed by atoms with Gasteiger partial charge < -0.3 is 9.15 Å². The minimum Gasteiger partial charge on any atom is -0.491 e. The molecule has 0 saturated heterocycles. The summed E-state index contributed by atoms with van der Waals surface area (Å²) < 4.78 is 10.8. The minimum atomic E-state index is -0.592. The first-order chi connectivity index (χ1) is 11.8. The SMILES string of the molecule is Cc1nc(NC(=O)c2cc(=O)oc3cc(OC(C)C)ccc23)sc1C. The summed E-state index contributed by atoms with van der Waals surface area (Å²) in [6.45, 7) is 7.63. The van der Waals surface area contributed by atoms with Crippen LogP contribution in [0.4, 0.5) is 5.13 Å². The third-order valence-electron chi connectivity index (χ3n) is 3.58. The molecule has 0 atom stereocenters. The number of nitrogens with zero attached hydrogens (tertiary/aromatic N) is 1. The van der Waals surface area contributed by atoms with Gasteiger partial charge in [0, 0.05) is 22.4 Å². The van der Waals surface area contributed by atoms with Gasteiger partial charge in [-0.25, -0.2) is 9.78 Å². The van der Waals surface area contributed by atoms with Gasteiger partial charge >= 0.3 is 5.63 Å². The zero-order valence-corrected chi connectivity index (χ0v) is 15.2. The van der Waals surface area contributed by atoms with E-state index < -0.39 is 11.5 Å². The van der Waals surface area contributed by atoms with Crippen LogP contribution in [0.2, 0.25) is 0 Å². The smallest absolute Gasteiger partial charge is 0.337 e. The lowest BCUT2D eigenvalue weighted by atomic mass is 10.1. The number of ether oxygens (including phenoxy) is 1. The van der Waals surface area contributed by atoms with Crippen LogP contribution in [0.1, 0.15) is 34.8 Å². The zero-order chi connectivity index (χ0) is 18.1. The number of amides is 1. The molecule has 0 fully saturated rings. The number of anilines is 1. The zero-order valence-electron chi connectivity index (χ0n) is 14.4. The van der Waals surface area contributed by atoms with Crippen LogP contribution in [-0.4, -0.2) is 17.0 Å². The standard InChI is InChI=1S/C18H18N2O4S/c1-9(2)23-12-5-6-13-14(8-16(21)24-15(13)7-12)17(22)20-18-19-10(3)11(4)25-18/h5-9H,1-4H3,(H,19,20,22). The highest BCUT2D eigenvalue weighted by Gasteiger charge is 2.16. The first-order valence-electron chi connectivity index (χ1n) is 7.83. The van der Waals surface area contributed by atoms with Crippen LogP contribution >= 0.6 is 11.3 Å². The van der Waals surface area contributed by atoms with Gasteiger partial charge in [0.05, 0.1) is 17.4 Å². The molecule has 2 heterocycles. The van der Waals surface area contributed by atoms with E-state index in [1.165, 1.54) is 17.4 Å². The molecule has 3 rings (SSSR count). The molecule has 25 heavy (non-hydrogen) atoms. The van der Waals surface area contributed by atoms with Crippen molar-refractivity contribution in [1.82, 2.24) is 4.98 Å². The molecule has 1 aromatic carbocycles. The molecule has 0 aliphatic carbocycles. The quantitative estimate of drug-likeness (QED) is 0.715. The van der Waals surface area contributed by atoms with E-state index >= 15 is 0 Å². The predicted octanol–water partition coefficient (Wildman–Crippen LogP) is 3.91. The van der Waals surface area contributed by atoms with Crippen LogP contribution in [0.15, 0.2) is 33.5 Å². The van der Waals surface area contributed by atoms with Crippen molar-refractivity contribution >= 4 is 33.3 Å². The van der Waals surface area contributed by atoms with Gasteiger partial charge in [-0.1, -0.05) is 0 Å². The number of carbonyl (C=O) groups excluding carboxylic acids is 1. The summed E-state index contributed by atoms with van der Waals surface area (Å²) in [5, 5.41) is 3.78. The Balaban J connectivity index is 1.99. The van der Waals surface area contributed by atoms with Crippen LogP contribution < -0.4 is 15.7 Å². The number of aryl methyl sites for hydroxylation is 2. The highest BCUT2D eigenvalue weighted by Crippen LogP contribution is 2.25. The molecule has 0 unspecified atom stereocenters. The average molecular weight is 358 g/mol. The molecule has 2 aromatic heterocycles. The highest BCUT2D eigenvalue weighted by molar-refractivity contribution is 7.15. The summed E-state index contributed by atoms with van der Waals surface area (Å²) in [7, 11) is 0. The Morgan fingerprint density at radius 2 is 2.04 bits per heavy atom. The lowest BCUT2D eigenvalue weighted by Crippen LogP contribution is -2.15. The predicted molar refractivity (Wildman–Crippen MR) is 97.8 cm³/mol. The molecule has 0 aliphatic rings. The van der Waals surface area contributed by atoms with E-state index in [-0.39, 0.29) is 11.7 Å². The number of nitrogens with one attached hydrogen (secondary N) is 1. The highest BCUT2D eigenvalue weighted by atomic mass is 32.1. The van der Waals surface area contributed by atoms with E-state index in [1.807, 2.05) is 27.7 Å². The molecule has 1 amide bonds. The fraction of sp³-hybridized carbons (Fsp3) is 0.278. The Hall–Kier alpha value is -2.67. The molecule has 3 aromatic rings. The van der Waals surface area contributed by atoms with Crippen LogP contribution in [0.5, 0.6) is 5.75 Å². The molecule has 0 aliphatic heterocycles. The van der Waals surface area contributed by atoms with Crippen molar-refractivity contribution in [2.45, 2.75) is 33.8 Å². The molecular formula is C18H18N2O4S. The van der Waals surface area contributed by atoms with Crippen molar-refractivity contribution in [3.63, 3.8) is 0 Å². The molecule has 0 saturated carbocycles. The average Bonchev–Trinajstić information content (AvgIpc) is 2.83. The Morgan fingerprint density at radius 1 is 1.28 bits per heavy atom. The number of hydrogen-bond donors (Lipinski definition) is 1. The maximum Gasteiger partial charge on any atom is 0.337 e. The molecular weight excluding hydrogens is 340 g/mol. The molecule has 0 bridgehead atoms. The normalized spacial score (nSPS) is 11.1. The summed E-state index contributed by atoms with van der Waals surface area (Å²) in [6, 6.07) is 6.26. The number of benzene rings is 1. The fourth-order valence-corrected chi connectivity index (χ4v) is 3.18. The van der Waals surface area contributed by atoms with E-state index in [4.69, 9.17) is 9.15 Å². The first-order valence-corrected chi connectivity index (χ1v) is 8.65. The Labute approximate surface area is 148 Å². The molecule has 7 heteroatoms. The second-order valence-electron chi connectivity index (χ2n) is 5.92. The van der Waals surface area contributed by atoms with Crippen molar-refractivity contribution in [1.29, 1.82) is 0 Å². The molecule has 6 nitrogen and oxygen atoms in total. The maximum atomic E-state index is 12.6. The van der Waals surface area contributed by atoms with Crippen LogP contribution in [0.3, 0.4) is 0 Å². The van der Waals surface area contributed by atoms with Crippen molar-refractivity contribution in [2.75, 3.05) is 5.32 Å². The topological polar surface area (TPSA) is 81.4 Å². The third kappa shape index (κ3) is 3.71. The number of aromatic nitrogens is 1. The summed E-state index contributed by atoms with van der Waals surface area (Å²) in [4.78, 5) is 29.8. The Kier molecular flexibility index (Phi) is 4.59. The van der Waals surface area contributed by atoms with Gasteiger partial charge in [-0.3, -0.25) is 10.1 Å². The number of rotatable bonds is 4. The maximum absolute atomic E-state index is 12.6. The number of hydrogen-bond acceptors (Lipinski definition) is 6. The van der Waals surface area contributed by atoms with Gasteiger partial charge in [0.15, 0.2) is 5.13 Å². The van der Waals surface area contributed by atoms with Crippen molar-refractivity contribution in [3.8, 4) is 5.75 Å². The molecule has 0 radical (unpaired) electrons. The monoisotopic (exact) mass is 358 g/mol.